The molecule has 0 aromatic heterocycles. The summed E-state index contributed by atoms with van der Waals surface area (Å²) in [6.07, 6.45) is 1.64. The predicted octanol–water partition coefficient (Wildman–Crippen LogP) is 2.37. The Hall–Kier alpha value is -3.02. The summed E-state index contributed by atoms with van der Waals surface area (Å²) in [5.74, 6) is 1.20. The zero-order valence-corrected chi connectivity index (χ0v) is 21.1. The first kappa shape index (κ1) is 26.6. The highest BCUT2D eigenvalue weighted by atomic mass is 32.2. The van der Waals surface area contributed by atoms with Gasteiger partial charge in [0.15, 0.2) is 0 Å². The van der Waals surface area contributed by atoms with Crippen LogP contribution in [0, 0.1) is 0 Å². The van der Waals surface area contributed by atoms with E-state index in [1.165, 1.54) is 17.5 Å². The second-order valence-electron chi connectivity index (χ2n) is 8.03. The normalized spacial score (nSPS) is 15.8. The van der Waals surface area contributed by atoms with Gasteiger partial charge in [-0.15, -0.1) is 0 Å². The highest BCUT2D eigenvalue weighted by Crippen LogP contribution is 2.33. The fourth-order valence-electron chi connectivity index (χ4n) is 3.95. The number of ether oxygens (including phenoxy) is 4. The maximum Gasteiger partial charge on any atom is 0.324 e. The van der Waals surface area contributed by atoms with Crippen molar-refractivity contribution < 1.29 is 32.2 Å². The smallest absolute Gasteiger partial charge is 0.324 e. The molecule has 2 aromatic carbocycles. The molecule has 0 saturated carbocycles. The van der Waals surface area contributed by atoms with Crippen molar-refractivity contribution in [3.05, 3.63) is 42.0 Å². The molecule has 0 amide bonds. The molecule has 1 atom stereocenters. The minimum atomic E-state index is -3.96. The van der Waals surface area contributed by atoms with Crippen LogP contribution >= 0.6 is 0 Å². The number of nitrogens with one attached hydrogen (secondary N) is 1. The number of nitrogens with zero attached hydrogens (tertiary/aromatic N) is 1. The molecule has 0 saturated heterocycles. The molecule has 3 rings (SSSR count). The third-order valence-corrected chi connectivity index (χ3v) is 7.72. The molecule has 11 heteroatoms. The largest absolute Gasteiger partial charge is 0.497 e. The Balaban J connectivity index is 1.83. The summed E-state index contributed by atoms with van der Waals surface area (Å²) in [6.45, 7) is 1.15. The van der Waals surface area contributed by atoms with E-state index in [2.05, 4.69) is 5.32 Å². The molecule has 0 spiro atoms. The first-order chi connectivity index (χ1) is 16.8. The highest BCUT2D eigenvalue weighted by molar-refractivity contribution is 7.89. The Labute approximate surface area is 206 Å². The van der Waals surface area contributed by atoms with Crippen molar-refractivity contribution in [3.63, 3.8) is 0 Å². The number of anilines is 1. The quantitative estimate of drug-likeness (QED) is 0.348. The van der Waals surface area contributed by atoms with Crippen molar-refractivity contribution in [1.29, 1.82) is 0 Å². The lowest BCUT2D eigenvalue weighted by Crippen LogP contribution is -2.46. The average molecular weight is 508 g/mol. The fraction of sp³-hybridized carbons (Fsp3) is 0.458. The molecular formula is C24H33N3O7S. The zero-order chi connectivity index (χ0) is 25.4. The van der Waals surface area contributed by atoms with Gasteiger partial charge < -0.3 is 30.0 Å². The third kappa shape index (κ3) is 6.36. The summed E-state index contributed by atoms with van der Waals surface area (Å²) >= 11 is 0. The van der Waals surface area contributed by atoms with Gasteiger partial charge in [0, 0.05) is 25.2 Å². The van der Waals surface area contributed by atoms with Crippen LogP contribution < -0.4 is 25.3 Å². The number of hydrogen-bond donors (Lipinski definition) is 2. The van der Waals surface area contributed by atoms with Gasteiger partial charge in [0.25, 0.3) is 0 Å². The lowest BCUT2D eigenvalue weighted by molar-refractivity contribution is -0.145. The van der Waals surface area contributed by atoms with Crippen LogP contribution in [0.1, 0.15) is 24.8 Å². The lowest BCUT2D eigenvalue weighted by Gasteiger charge is -2.27. The second kappa shape index (κ2) is 12.1. The summed E-state index contributed by atoms with van der Waals surface area (Å²) in [5.41, 5.74) is 6.82. The van der Waals surface area contributed by atoms with E-state index in [0.717, 1.165) is 5.56 Å². The van der Waals surface area contributed by atoms with Gasteiger partial charge in [-0.2, -0.15) is 4.31 Å². The van der Waals surface area contributed by atoms with Crippen molar-refractivity contribution in [3.8, 4) is 17.2 Å². The molecule has 0 radical (unpaired) electrons. The summed E-state index contributed by atoms with van der Waals surface area (Å²) in [6, 6.07) is 9.27. The number of rotatable bonds is 11. The predicted molar refractivity (Wildman–Crippen MR) is 131 cm³/mol. The van der Waals surface area contributed by atoms with Crippen LogP contribution in [0.2, 0.25) is 0 Å². The van der Waals surface area contributed by atoms with Gasteiger partial charge in [-0.1, -0.05) is 0 Å². The van der Waals surface area contributed by atoms with Crippen molar-refractivity contribution in [1.82, 2.24) is 4.31 Å². The minimum absolute atomic E-state index is 0.0816. The molecular weight excluding hydrogens is 474 g/mol. The highest BCUT2D eigenvalue weighted by Gasteiger charge is 2.38. The van der Waals surface area contributed by atoms with Gasteiger partial charge >= 0.3 is 5.97 Å². The van der Waals surface area contributed by atoms with Crippen LogP contribution in [0.15, 0.2) is 41.3 Å². The van der Waals surface area contributed by atoms with Gasteiger partial charge in [-0.3, -0.25) is 4.79 Å². The number of methoxy groups -OCH3 is 3. The zero-order valence-electron chi connectivity index (χ0n) is 20.3. The van der Waals surface area contributed by atoms with E-state index >= 15 is 0 Å². The van der Waals surface area contributed by atoms with Crippen molar-refractivity contribution >= 4 is 21.7 Å². The van der Waals surface area contributed by atoms with E-state index in [9.17, 15) is 13.2 Å². The van der Waals surface area contributed by atoms with E-state index in [-0.39, 0.29) is 18.0 Å². The SMILES string of the molecule is COC(=O)[C@@H](CCCCN)N1CCNc2cc(OCc3cc(OC)cc(OC)c3)ccc2S1(=O)=O. The molecule has 1 heterocycles. The molecule has 3 N–H and O–H groups in total. The van der Waals surface area contributed by atoms with Crippen molar-refractivity contribution in [2.24, 2.45) is 5.73 Å². The van der Waals surface area contributed by atoms with Crippen LogP contribution in [0.3, 0.4) is 0 Å². The monoisotopic (exact) mass is 507 g/mol. The van der Waals surface area contributed by atoms with Crippen LogP contribution in [0.25, 0.3) is 0 Å². The first-order valence-electron chi connectivity index (χ1n) is 11.4. The molecule has 1 aliphatic heterocycles. The fourth-order valence-corrected chi connectivity index (χ4v) is 5.71. The molecule has 0 fully saturated rings. The molecule has 0 unspecified atom stereocenters. The topological polar surface area (TPSA) is 129 Å². The van der Waals surface area contributed by atoms with E-state index in [1.807, 2.05) is 12.1 Å². The van der Waals surface area contributed by atoms with Crippen LogP contribution in [-0.2, 0) is 26.2 Å². The number of benzene rings is 2. The number of nitrogens with two attached hydrogens (primary N) is 1. The van der Waals surface area contributed by atoms with Gasteiger partial charge in [0.1, 0.15) is 34.8 Å². The molecule has 192 valence electrons. The van der Waals surface area contributed by atoms with Gasteiger partial charge in [-0.25, -0.2) is 8.42 Å². The molecule has 35 heavy (non-hydrogen) atoms. The van der Waals surface area contributed by atoms with E-state index < -0.39 is 22.0 Å². The Morgan fingerprint density at radius 1 is 1.06 bits per heavy atom. The molecule has 1 aliphatic rings. The van der Waals surface area contributed by atoms with Crippen LogP contribution in [0.5, 0.6) is 17.2 Å². The number of sulfonamides is 1. The Bertz CT molecular complexity index is 1100. The number of unbranched alkanes of at least 4 members (excludes halogenated alkanes) is 1. The van der Waals surface area contributed by atoms with Gasteiger partial charge in [0.2, 0.25) is 10.0 Å². The third-order valence-electron chi connectivity index (χ3n) is 5.75. The van der Waals surface area contributed by atoms with E-state index in [1.54, 1.807) is 32.4 Å². The summed E-state index contributed by atoms with van der Waals surface area (Å²) in [7, 11) is 0.445. The maximum atomic E-state index is 13.5. The second-order valence-corrected chi connectivity index (χ2v) is 9.89. The van der Waals surface area contributed by atoms with Gasteiger partial charge in [0.05, 0.1) is 27.0 Å². The summed E-state index contributed by atoms with van der Waals surface area (Å²) in [5, 5.41) is 3.15. The van der Waals surface area contributed by atoms with Crippen molar-refractivity contribution in [2.45, 2.75) is 36.8 Å². The number of carbonyl (C=O) groups is 1. The molecule has 2 aromatic rings. The molecule has 0 aliphatic carbocycles. The van der Waals surface area contributed by atoms with E-state index in [0.29, 0.717) is 55.3 Å². The molecule has 0 bridgehead atoms. The average Bonchev–Trinajstić information content (AvgIpc) is 2.99. The van der Waals surface area contributed by atoms with Gasteiger partial charge in [-0.05, 0) is 55.6 Å². The summed E-state index contributed by atoms with van der Waals surface area (Å²) < 4.78 is 49.7. The maximum absolute atomic E-state index is 13.5. The molecule has 10 nitrogen and oxygen atoms in total. The minimum Gasteiger partial charge on any atom is -0.497 e. The van der Waals surface area contributed by atoms with Crippen LogP contribution in [-0.4, -0.2) is 65.7 Å². The number of fused-ring (bicyclic) bond motifs is 1. The number of hydrogen-bond acceptors (Lipinski definition) is 9. The van der Waals surface area contributed by atoms with Crippen LogP contribution in [0.4, 0.5) is 5.69 Å². The number of carbonyl (C=O) groups excluding carboxylic acids is 1. The first-order valence-corrected chi connectivity index (χ1v) is 12.8. The Kier molecular flexibility index (Phi) is 9.19. The standard InChI is InChI=1S/C24H33N3O7S/c1-31-19-12-17(13-20(14-19)32-2)16-34-18-7-8-23-21(15-18)26-10-11-27(35(23,29)30)22(24(28)33-3)6-4-5-9-25/h7-8,12-15,22,26H,4-6,9-11,16,25H2,1-3H3/t22-/m1/s1. The van der Waals surface area contributed by atoms with Crippen molar-refractivity contribution in [2.75, 3.05) is 46.3 Å². The lowest BCUT2D eigenvalue weighted by atomic mass is 10.1. The Morgan fingerprint density at radius 3 is 2.40 bits per heavy atom. The Morgan fingerprint density at radius 2 is 1.77 bits per heavy atom. The van der Waals surface area contributed by atoms with E-state index in [4.69, 9.17) is 24.7 Å². The number of esters is 1. The summed E-state index contributed by atoms with van der Waals surface area (Å²) in [4.78, 5) is 12.5.